The van der Waals surface area contributed by atoms with Gasteiger partial charge in [0, 0.05) is 22.1 Å². The van der Waals surface area contributed by atoms with Crippen molar-refractivity contribution in [3.63, 3.8) is 0 Å². The van der Waals surface area contributed by atoms with Gasteiger partial charge >= 0.3 is 0 Å². The van der Waals surface area contributed by atoms with Crippen molar-refractivity contribution < 1.29 is 14.0 Å². The molecule has 0 radical (unpaired) electrons. The van der Waals surface area contributed by atoms with Crippen LogP contribution in [0.2, 0.25) is 0 Å². The molecule has 3 aromatic carbocycles. The number of carbonyl (C=O) groups excluding carboxylic acids is 2. The van der Waals surface area contributed by atoms with Gasteiger partial charge in [0.2, 0.25) is 0 Å². The Morgan fingerprint density at radius 2 is 1.76 bits per heavy atom. The highest BCUT2D eigenvalue weighted by molar-refractivity contribution is 8.04. The van der Waals surface area contributed by atoms with Crippen LogP contribution in [0.4, 0.5) is 10.1 Å². The summed E-state index contributed by atoms with van der Waals surface area (Å²) < 4.78 is 14.4. The number of anilines is 1. The predicted octanol–water partition coefficient (Wildman–Crippen LogP) is 7.06. The van der Waals surface area contributed by atoms with Crippen molar-refractivity contribution >= 4 is 35.3 Å². The predicted molar refractivity (Wildman–Crippen MR) is 148 cm³/mol. The molecule has 1 heterocycles. The highest BCUT2D eigenvalue weighted by Crippen LogP contribution is 2.42. The van der Waals surface area contributed by atoms with Crippen LogP contribution in [0.5, 0.6) is 0 Å². The van der Waals surface area contributed by atoms with Gasteiger partial charge < -0.3 is 10.2 Å². The average Bonchev–Trinajstić information content (AvgIpc) is 2.90. The number of halogens is 1. The van der Waals surface area contributed by atoms with Gasteiger partial charge in [-0.15, -0.1) is 0 Å². The molecular weight excluding hydrogens is 483 g/mol. The minimum absolute atomic E-state index is 0.0572. The molecule has 2 amide bonds. The summed E-state index contributed by atoms with van der Waals surface area (Å²) in [6.45, 7) is 4.62. The fraction of sp³-hybridized carbons (Fsp3) is 0.290. The maximum atomic E-state index is 14.4. The van der Waals surface area contributed by atoms with E-state index in [4.69, 9.17) is 0 Å². The normalized spacial score (nSPS) is 22.6. The molecule has 37 heavy (non-hydrogen) atoms. The van der Waals surface area contributed by atoms with Crippen molar-refractivity contribution in [1.29, 1.82) is 0 Å². The minimum Gasteiger partial charge on any atom is -0.349 e. The number of carbonyl (C=O) groups is 2. The Labute approximate surface area is 222 Å². The van der Waals surface area contributed by atoms with Crippen LogP contribution in [0, 0.1) is 17.7 Å². The molecule has 1 aliphatic heterocycles. The number of amides is 2. The molecule has 6 heteroatoms. The maximum Gasteiger partial charge on any atom is 0.265 e. The summed E-state index contributed by atoms with van der Waals surface area (Å²) in [6.07, 6.45) is 5.22. The van der Waals surface area contributed by atoms with Gasteiger partial charge in [-0.1, -0.05) is 80.9 Å². The molecular formula is C31H31FN2O2S. The van der Waals surface area contributed by atoms with E-state index in [1.165, 1.54) is 24.2 Å². The number of rotatable bonds is 5. The largest absolute Gasteiger partial charge is 0.349 e. The highest BCUT2D eigenvalue weighted by Gasteiger charge is 2.30. The quantitative estimate of drug-likeness (QED) is 0.371. The van der Waals surface area contributed by atoms with E-state index >= 15 is 0 Å². The molecule has 190 valence electrons. The second-order valence-electron chi connectivity index (χ2n) is 10.0. The minimum atomic E-state index is -0.331. The van der Waals surface area contributed by atoms with Crippen LogP contribution in [0.15, 0.2) is 82.6 Å². The molecule has 3 unspecified atom stereocenters. The van der Waals surface area contributed by atoms with E-state index in [2.05, 4.69) is 19.2 Å². The standard InChI is InChI=1S/C31H31FN2O2S/c1-20-8-7-11-26(21(20)2)33-30(35)23-16-14-22(15-17-23)18-29-31(36)34(19-24-9-3-4-10-25(24)32)27-12-5-6-13-28(27)37-29/h3-6,9-10,12-18,20-21,26H,7-8,11,19H2,1-2H3,(H,33,35). The van der Waals surface area contributed by atoms with Crippen LogP contribution in [0.25, 0.3) is 6.08 Å². The van der Waals surface area contributed by atoms with Crippen LogP contribution in [0.1, 0.15) is 54.6 Å². The van der Waals surface area contributed by atoms with Crippen molar-refractivity contribution in [1.82, 2.24) is 5.32 Å². The first kappa shape index (κ1) is 25.3. The zero-order valence-corrected chi connectivity index (χ0v) is 21.9. The van der Waals surface area contributed by atoms with Crippen LogP contribution in [0.3, 0.4) is 0 Å². The number of benzene rings is 3. The van der Waals surface area contributed by atoms with E-state index in [9.17, 15) is 14.0 Å². The smallest absolute Gasteiger partial charge is 0.265 e. The van der Waals surface area contributed by atoms with Crippen molar-refractivity contribution in [3.05, 3.63) is 100 Å². The number of hydrogen-bond acceptors (Lipinski definition) is 3. The molecule has 5 rings (SSSR count). The Kier molecular flexibility index (Phi) is 7.47. The monoisotopic (exact) mass is 514 g/mol. The summed E-state index contributed by atoms with van der Waals surface area (Å²) in [5.74, 6) is 0.516. The van der Waals surface area contributed by atoms with Crippen LogP contribution in [-0.2, 0) is 11.3 Å². The lowest BCUT2D eigenvalue weighted by atomic mass is 9.78. The number of nitrogens with one attached hydrogen (secondary N) is 1. The fourth-order valence-corrected chi connectivity index (χ4v) is 6.19. The second kappa shape index (κ2) is 10.9. The van der Waals surface area contributed by atoms with Gasteiger partial charge in [-0.2, -0.15) is 0 Å². The topological polar surface area (TPSA) is 49.4 Å². The molecule has 0 aromatic heterocycles. The van der Waals surface area contributed by atoms with Gasteiger partial charge in [-0.05, 0) is 60.2 Å². The van der Waals surface area contributed by atoms with Gasteiger partial charge in [-0.3, -0.25) is 9.59 Å². The Morgan fingerprint density at radius 1 is 1.03 bits per heavy atom. The highest BCUT2D eigenvalue weighted by atomic mass is 32.2. The van der Waals surface area contributed by atoms with Crippen LogP contribution >= 0.6 is 11.8 Å². The van der Waals surface area contributed by atoms with Crippen LogP contribution in [-0.4, -0.2) is 17.9 Å². The SMILES string of the molecule is CC1CCCC(NC(=O)c2ccc(C=C3Sc4ccccc4N(Cc4ccccc4F)C3=O)cc2)C1C. The maximum absolute atomic E-state index is 14.4. The van der Waals surface area contributed by atoms with Gasteiger partial charge in [0.25, 0.3) is 11.8 Å². The molecule has 0 saturated heterocycles. The van der Waals surface area contributed by atoms with E-state index in [-0.39, 0.29) is 30.2 Å². The third-order valence-electron chi connectivity index (χ3n) is 7.61. The first-order valence-electron chi connectivity index (χ1n) is 12.9. The molecule has 4 nitrogen and oxygen atoms in total. The van der Waals surface area contributed by atoms with Gasteiger partial charge in [0.1, 0.15) is 5.82 Å². The molecule has 1 fully saturated rings. The van der Waals surface area contributed by atoms with Gasteiger partial charge in [-0.25, -0.2) is 4.39 Å². The van der Waals surface area contributed by atoms with Crippen molar-refractivity contribution in [2.75, 3.05) is 4.90 Å². The zero-order chi connectivity index (χ0) is 25.9. The third-order valence-corrected chi connectivity index (χ3v) is 8.69. The van der Waals surface area contributed by atoms with Gasteiger partial charge in [0.15, 0.2) is 0 Å². The van der Waals surface area contributed by atoms with Gasteiger partial charge in [0.05, 0.1) is 17.1 Å². The molecule has 0 bridgehead atoms. The summed E-state index contributed by atoms with van der Waals surface area (Å²) >= 11 is 1.41. The summed E-state index contributed by atoms with van der Waals surface area (Å²) in [4.78, 5) is 29.5. The van der Waals surface area contributed by atoms with Crippen molar-refractivity contribution in [3.8, 4) is 0 Å². The number of para-hydroxylation sites is 1. The van der Waals surface area contributed by atoms with E-state index in [1.807, 2.05) is 54.6 Å². The van der Waals surface area contributed by atoms with E-state index in [1.54, 1.807) is 23.1 Å². The van der Waals surface area contributed by atoms with Crippen molar-refractivity contribution in [2.45, 2.75) is 50.6 Å². The molecule has 1 saturated carbocycles. The summed E-state index contributed by atoms with van der Waals surface area (Å²) in [5, 5.41) is 3.22. The Balaban J connectivity index is 1.35. The third kappa shape index (κ3) is 5.49. The molecule has 3 atom stereocenters. The number of hydrogen-bond donors (Lipinski definition) is 1. The molecule has 1 N–H and O–H groups in total. The molecule has 0 spiro atoms. The summed E-state index contributed by atoms with van der Waals surface area (Å²) in [5.41, 5.74) is 2.68. The summed E-state index contributed by atoms with van der Waals surface area (Å²) in [7, 11) is 0. The average molecular weight is 515 g/mol. The number of nitrogens with zero attached hydrogens (tertiary/aromatic N) is 1. The lowest BCUT2D eigenvalue weighted by Gasteiger charge is -2.34. The molecule has 3 aromatic rings. The Morgan fingerprint density at radius 3 is 2.54 bits per heavy atom. The van der Waals surface area contributed by atoms with Crippen LogP contribution < -0.4 is 10.2 Å². The Bertz CT molecular complexity index is 1340. The van der Waals surface area contributed by atoms with E-state index in [0.717, 1.165) is 29.0 Å². The van der Waals surface area contributed by atoms with Crippen molar-refractivity contribution in [2.24, 2.45) is 11.8 Å². The lowest BCUT2D eigenvalue weighted by Crippen LogP contribution is -2.43. The Hall–Kier alpha value is -3.38. The van der Waals surface area contributed by atoms with E-state index in [0.29, 0.717) is 27.9 Å². The number of fused-ring (bicyclic) bond motifs is 1. The second-order valence-corrected chi connectivity index (χ2v) is 11.1. The first-order chi connectivity index (χ1) is 17.9. The molecule has 2 aliphatic rings. The summed E-state index contributed by atoms with van der Waals surface area (Å²) in [6, 6.07) is 21.8. The van der Waals surface area contributed by atoms with E-state index < -0.39 is 0 Å². The zero-order valence-electron chi connectivity index (χ0n) is 21.1. The first-order valence-corrected chi connectivity index (χ1v) is 13.7. The fourth-order valence-electron chi connectivity index (χ4n) is 5.14. The molecule has 1 aliphatic carbocycles. The number of thioether (sulfide) groups is 1. The lowest BCUT2D eigenvalue weighted by molar-refractivity contribution is -0.114.